The predicted octanol–water partition coefficient (Wildman–Crippen LogP) is 0.176. The van der Waals surface area contributed by atoms with Gasteiger partial charge in [0.25, 0.3) is 0 Å². The Bertz CT molecular complexity index is 140. The highest BCUT2D eigenvalue weighted by atomic mass is 16.2. The van der Waals surface area contributed by atoms with E-state index in [1.165, 1.54) is 0 Å². The van der Waals surface area contributed by atoms with Crippen LogP contribution in [-0.2, 0) is 4.79 Å². The van der Waals surface area contributed by atoms with Crippen LogP contribution in [0.5, 0.6) is 0 Å². The van der Waals surface area contributed by atoms with Gasteiger partial charge in [-0.2, -0.15) is 0 Å². The van der Waals surface area contributed by atoms with E-state index in [1.54, 1.807) is 6.08 Å². The smallest absolute Gasteiger partial charge is 0.120 e. The van der Waals surface area contributed by atoms with E-state index in [-0.39, 0.29) is 5.91 Å². The Morgan fingerprint density at radius 3 is 2.67 bits per heavy atom. The summed E-state index contributed by atoms with van der Waals surface area (Å²) < 4.78 is 0. The first-order valence-electron chi connectivity index (χ1n) is 2.52. The highest BCUT2D eigenvalue weighted by molar-refractivity contribution is 6.00. The standard InChI is InChI=1S/C6H10N2O/c1-3-4-5(2)6(9)8-7/h3H,1-2,4H2,7H3. The van der Waals surface area contributed by atoms with Crippen LogP contribution in [0.3, 0.4) is 0 Å². The molecule has 0 aromatic heterocycles. The van der Waals surface area contributed by atoms with Crippen molar-refractivity contribution in [2.24, 2.45) is 0 Å². The summed E-state index contributed by atoms with van der Waals surface area (Å²) in [5.41, 5.74) is 3.60. The van der Waals surface area contributed by atoms with E-state index in [2.05, 4.69) is 24.4 Å². The Labute approximate surface area is 54.2 Å². The number of nitrogens with zero attached hydrogens (tertiary/aromatic N) is 1. The van der Waals surface area contributed by atoms with Gasteiger partial charge in [0.05, 0.1) is 0 Å². The van der Waals surface area contributed by atoms with Crippen molar-refractivity contribution in [2.75, 3.05) is 0 Å². The summed E-state index contributed by atoms with van der Waals surface area (Å²) in [6, 6.07) is 0. The van der Waals surface area contributed by atoms with Gasteiger partial charge < -0.3 is 16.1 Å². The van der Waals surface area contributed by atoms with Gasteiger partial charge in [0, 0.05) is 0 Å². The van der Waals surface area contributed by atoms with Gasteiger partial charge in [-0.1, -0.05) is 12.7 Å². The number of hydrogen-bond acceptors (Lipinski definition) is 1. The summed E-state index contributed by atoms with van der Waals surface area (Å²) in [6.45, 7) is 6.90. The number of amides is 1. The quantitative estimate of drug-likeness (QED) is 0.327. The lowest BCUT2D eigenvalue weighted by atomic mass is 10.2. The first kappa shape index (κ1) is 7.91. The highest BCUT2D eigenvalue weighted by Gasteiger charge is 1.92. The number of rotatable bonds is 3. The van der Waals surface area contributed by atoms with Gasteiger partial charge in [0.15, 0.2) is 0 Å². The Morgan fingerprint density at radius 2 is 2.33 bits per heavy atom. The molecule has 50 valence electrons. The van der Waals surface area contributed by atoms with E-state index >= 15 is 0 Å². The van der Waals surface area contributed by atoms with Crippen molar-refractivity contribution in [1.29, 1.82) is 0 Å². The minimum absolute atomic E-state index is 0.352. The van der Waals surface area contributed by atoms with Crippen LogP contribution in [0.4, 0.5) is 0 Å². The molecule has 0 saturated carbocycles. The molecule has 3 N–H and O–H groups in total. The molecule has 0 rings (SSSR count). The fraction of sp³-hybridized carbons (Fsp3) is 0.167. The molecule has 0 aromatic carbocycles. The number of hydrogen-bond donors (Lipinski definition) is 1. The molecular formula is C6H10N2O. The maximum absolute atomic E-state index is 10.5. The second-order valence-corrected chi connectivity index (χ2v) is 1.56. The fourth-order valence-corrected chi connectivity index (χ4v) is 0.373. The van der Waals surface area contributed by atoms with Crippen molar-refractivity contribution in [3.63, 3.8) is 0 Å². The van der Waals surface area contributed by atoms with E-state index in [4.69, 9.17) is 0 Å². The molecule has 0 bridgehead atoms. The third-order valence-electron chi connectivity index (χ3n) is 0.837. The van der Waals surface area contributed by atoms with E-state index in [0.29, 0.717) is 12.0 Å². The molecule has 0 atom stereocenters. The molecule has 9 heavy (non-hydrogen) atoms. The van der Waals surface area contributed by atoms with Crippen LogP contribution in [-0.4, -0.2) is 5.91 Å². The molecule has 0 aromatic rings. The van der Waals surface area contributed by atoms with Crippen LogP contribution in [0.1, 0.15) is 6.42 Å². The number of carbonyl (C=O) groups is 1. The molecule has 0 aliphatic rings. The summed E-state index contributed by atoms with van der Waals surface area (Å²) in [5, 5.41) is 0. The van der Waals surface area contributed by atoms with Crippen LogP contribution in [0.25, 0.3) is 5.43 Å². The summed E-state index contributed by atoms with van der Waals surface area (Å²) in [5.74, 6) is 2.72. The van der Waals surface area contributed by atoms with Gasteiger partial charge in [-0.15, -0.1) is 6.58 Å². The van der Waals surface area contributed by atoms with Crippen molar-refractivity contribution in [3.8, 4) is 0 Å². The Morgan fingerprint density at radius 1 is 1.78 bits per heavy atom. The number of allylic oxidation sites excluding steroid dienone is 1. The van der Waals surface area contributed by atoms with E-state index < -0.39 is 0 Å². The number of carbonyl (C=O) groups excluding carboxylic acids is 1. The lowest BCUT2D eigenvalue weighted by Gasteiger charge is -2.06. The lowest BCUT2D eigenvalue weighted by Crippen LogP contribution is -2.44. The monoisotopic (exact) mass is 126 g/mol. The summed E-state index contributed by atoms with van der Waals surface area (Å²) in [4.78, 5) is 10.5. The molecule has 3 nitrogen and oxygen atoms in total. The van der Waals surface area contributed by atoms with Crippen molar-refractivity contribution < 1.29 is 10.6 Å². The van der Waals surface area contributed by atoms with Crippen molar-refractivity contribution in [1.82, 2.24) is 0 Å². The second kappa shape index (κ2) is 3.86. The van der Waals surface area contributed by atoms with Gasteiger partial charge in [-0.3, -0.25) is 0 Å². The second-order valence-electron chi connectivity index (χ2n) is 1.56. The van der Waals surface area contributed by atoms with Gasteiger partial charge >= 0.3 is 0 Å². The van der Waals surface area contributed by atoms with Gasteiger partial charge in [-0.25, -0.2) is 0 Å². The SMILES string of the molecule is C=CCC(=C)C(=O)[N-][NH3+]. The molecule has 1 amide bonds. The Kier molecular flexibility index (Phi) is 3.39. The van der Waals surface area contributed by atoms with Crippen LogP contribution in [0.15, 0.2) is 24.8 Å². The molecule has 0 aliphatic carbocycles. The minimum Gasteiger partial charge on any atom is -0.456 e. The van der Waals surface area contributed by atoms with E-state index in [1.807, 2.05) is 0 Å². The molecule has 0 saturated heterocycles. The normalized spacial score (nSPS) is 8.11. The van der Waals surface area contributed by atoms with Gasteiger partial charge in [0.1, 0.15) is 5.91 Å². The molecule has 0 heterocycles. The average molecular weight is 126 g/mol. The molecule has 0 unspecified atom stereocenters. The van der Waals surface area contributed by atoms with Crippen LogP contribution in [0, 0.1) is 0 Å². The van der Waals surface area contributed by atoms with Crippen LogP contribution in [0.2, 0.25) is 0 Å². The maximum atomic E-state index is 10.5. The molecule has 0 aliphatic heterocycles. The molecule has 3 heteroatoms. The lowest BCUT2D eigenvalue weighted by molar-refractivity contribution is -0.298. The van der Waals surface area contributed by atoms with Gasteiger partial charge in [-0.05, 0) is 12.0 Å². The molecule has 0 spiro atoms. The van der Waals surface area contributed by atoms with Crippen LogP contribution < -0.4 is 5.84 Å². The van der Waals surface area contributed by atoms with Crippen molar-refractivity contribution in [2.45, 2.75) is 6.42 Å². The highest BCUT2D eigenvalue weighted by Crippen LogP contribution is 2.00. The summed E-state index contributed by atoms with van der Waals surface area (Å²) in [7, 11) is 0. The van der Waals surface area contributed by atoms with Crippen molar-refractivity contribution in [3.05, 3.63) is 30.2 Å². The first-order valence-corrected chi connectivity index (χ1v) is 2.52. The van der Waals surface area contributed by atoms with E-state index in [9.17, 15) is 4.79 Å². The topological polar surface area (TPSA) is 58.8 Å². The zero-order chi connectivity index (χ0) is 7.28. The largest absolute Gasteiger partial charge is 0.456 e. The average Bonchev–Trinajstić information content (AvgIpc) is 1.87. The first-order chi connectivity index (χ1) is 4.22. The Balaban J connectivity index is 3.73. The van der Waals surface area contributed by atoms with Crippen molar-refractivity contribution >= 4 is 5.91 Å². The van der Waals surface area contributed by atoms with Gasteiger partial charge in [0.2, 0.25) is 0 Å². The fourth-order valence-electron chi connectivity index (χ4n) is 0.373. The third kappa shape index (κ3) is 2.66. The zero-order valence-electron chi connectivity index (χ0n) is 5.26. The minimum atomic E-state index is -0.352. The van der Waals surface area contributed by atoms with Crippen LogP contribution >= 0.6 is 0 Å². The predicted molar refractivity (Wildman–Crippen MR) is 35.2 cm³/mol. The Hall–Kier alpha value is -1.09. The maximum Gasteiger partial charge on any atom is 0.120 e. The summed E-state index contributed by atoms with van der Waals surface area (Å²) in [6.07, 6.45) is 2.09. The summed E-state index contributed by atoms with van der Waals surface area (Å²) >= 11 is 0. The molecular weight excluding hydrogens is 116 g/mol. The zero-order valence-corrected chi connectivity index (χ0v) is 5.26. The number of quaternary nitrogens is 1. The molecule has 0 fully saturated rings. The third-order valence-corrected chi connectivity index (χ3v) is 0.837. The van der Waals surface area contributed by atoms with E-state index in [0.717, 1.165) is 0 Å². The molecule has 0 radical (unpaired) electrons.